The second-order valence-electron chi connectivity index (χ2n) is 3.85. The molecule has 4 nitrogen and oxygen atoms in total. The summed E-state index contributed by atoms with van der Waals surface area (Å²) in [6.45, 7) is 3.59. The SMILES string of the molecule is CCn1cc(CC(=O)C2CCCO2)cn1. The lowest BCUT2D eigenvalue weighted by atomic mass is 10.1. The standard InChI is InChI=1S/C11H16N2O2/c1-2-13-8-9(7-12-13)6-10(14)11-4-3-5-15-11/h7-8,11H,2-6H2,1H3. The number of ketones is 1. The number of aryl methyl sites for hydroxylation is 1. The molecule has 2 heterocycles. The molecule has 0 spiro atoms. The second-order valence-corrected chi connectivity index (χ2v) is 3.85. The van der Waals surface area contributed by atoms with Crippen LogP contribution in [0.25, 0.3) is 0 Å². The molecule has 15 heavy (non-hydrogen) atoms. The molecule has 0 aliphatic carbocycles. The molecule has 1 unspecified atom stereocenters. The Balaban J connectivity index is 1.92. The maximum atomic E-state index is 11.8. The van der Waals surface area contributed by atoms with Gasteiger partial charge in [-0.2, -0.15) is 5.10 Å². The first-order chi connectivity index (χ1) is 7.29. The van der Waals surface area contributed by atoms with E-state index in [4.69, 9.17) is 4.74 Å². The maximum Gasteiger partial charge on any atom is 0.166 e. The highest BCUT2D eigenvalue weighted by molar-refractivity contribution is 5.85. The van der Waals surface area contributed by atoms with Gasteiger partial charge in [0.05, 0.1) is 6.20 Å². The topological polar surface area (TPSA) is 44.1 Å². The maximum absolute atomic E-state index is 11.8. The van der Waals surface area contributed by atoms with Crippen LogP contribution in [-0.2, 0) is 22.5 Å². The van der Waals surface area contributed by atoms with Gasteiger partial charge >= 0.3 is 0 Å². The van der Waals surface area contributed by atoms with Crippen molar-refractivity contribution < 1.29 is 9.53 Å². The summed E-state index contributed by atoms with van der Waals surface area (Å²) in [5, 5.41) is 4.14. The number of hydrogen-bond donors (Lipinski definition) is 0. The van der Waals surface area contributed by atoms with E-state index in [2.05, 4.69) is 5.10 Å². The van der Waals surface area contributed by atoms with E-state index in [1.807, 2.05) is 17.8 Å². The lowest BCUT2D eigenvalue weighted by Crippen LogP contribution is -2.21. The quantitative estimate of drug-likeness (QED) is 0.746. The second kappa shape index (κ2) is 4.57. The number of aromatic nitrogens is 2. The minimum Gasteiger partial charge on any atom is -0.370 e. The third-order valence-electron chi connectivity index (χ3n) is 2.68. The first-order valence-corrected chi connectivity index (χ1v) is 5.45. The Bertz CT molecular complexity index is 340. The Morgan fingerprint density at radius 3 is 3.20 bits per heavy atom. The van der Waals surface area contributed by atoms with Crippen LogP contribution >= 0.6 is 0 Å². The number of carbonyl (C=O) groups is 1. The lowest BCUT2D eigenvalue weighted by Gasteiger charge is -2.06. The van der Waals surface area contributed by atoms with Gasteiger partial charge in [0.2, 0.25) is 0 Å². The van der Waals surface area contributed by atoms with Gasteiger partial charge in [-0.25, -0.2) is 0 Å². The van der Waals surface area contributed by atoms with Crippen molar-refractivity contribution in [1.82, 2.24) is 9.78 Å². The average molecular weight is 208 g/mol. The molecule has 1 aliphatic rings. The van der Waals surface area contributed by atoms with E-state index in [9.17, 15) is 4.79 Å². The molecule has 82 valence electrons. The van der Waals surface area contributed by atoms with Gasteiger partial charge in [0.25, 0.3) is 0 Å². The van der Waals surface area contributed by atoms with E-state index >= 15 is 0 Å². The van der Waals surface area contributed by atoms with Crippen LogP contribution in [-0.4, -0.2) is 28.3 Å². The molecule has 1 aromatic heterocycles. The summed E-state index contributed by atoms with van der Waals surface area (Å²) in [5.41, 5.74) is 0.984. The Morgan fingerprint density at radius 1 is 1.73 bits per heavy atom. The van der Waals surface area contributed by atoms with Gasteiger partial charge in [-0.05, 0) is 25.3 Å². The van der Waals surface area contributed by atoms with Gasteiger partial charge in [0.15, 0.2) is 5.78 Å². The van der Waals surface area contributed by atoms with Crippen LogP contribution in [0.15, 0.2) is 12.4 Å². The fourth-order valence-corrected chi connectivity index (χ4v) is 1.82. The highest BCUT2D eigenvalue weighted by atomic mass is 16.5. The fourth-order valence-electron chi connectivity index (χ4n) is 1.82. The number of nitrogens with zero attached hydrogens (tertiary/aromatic N) is 2. The predicted molar refractivity (Wildman–Crippen MR) is 55.6 cm³/mol. The highest BCUT2D eigenvalue weighted by Crippen LogP contribution is 2.15. The molecule has 2 rings (SSSR count). The molecule has 0 saturated carbocycles. The molecule has 0 bridgehead atoms. The normalized spacial score (nSPS) is 20.7. The van der Waals surface area contributed by atoms with Crippen molar-refractivity contribution in [3.05, 3.63) is 18.0 Å². The zero-order valence-corrected chi connectivity index (χ0v) is 8.98. The summed E-state index contributed by atoms with van der Waals surface area (Å²) >= 11 is 0. The number of ether oxygens (including phenoxy) is 1. The first-order valence-electron chi connectivity index (χ1n) is 5.45. The third kappa shape index (κ3) is 2.45. The molecule has 1 fully saturated rings. The molecule has 4 heteroatoms. The van der Waals surface area contributed by atoms with Crippen molar-refractivity contribution in [2.45, 2.75) is 38.8 Å². The summed E-state index contributed by atoms with van der Waals surface area (Å²) in [6.07, 6.45) is 5.84. The minimum atomic E-state index is -0.171. The Labute approximate surface area is 89.2 Å². The van der Waals surface area contributed by atoms with E-state index < -0.39 is 0 Å². The number of hydrogen-bond acceptors (Lipinski definition) is 3. The van der Waals surface area contributed by atoms with Gasteiger partial charge in [-0.15, -0.1) is 0 Å². The zero-order valence-electron chi connectivity index (χ0n) is 8.98. The summed E-state index contributed by atoms with van der Waals surface area (Å²) in [7, 11) is 0. The number of carbonyl (C=O) groups excluding carboxylic acids is 1. The van der Waals surface area contributed by atoms with E-state index in [1.54, 1.807) is 6.20 Å². The van der Waals surface area contributed by atoms with Crippen molar-refractivity contribution in [1.29, 1.82) is 0 Å². The van der Waals surface area contributed by atoms with E-state index in [0.717, 1.165) is 31.6 Å². The Hall–Kier alpha value is -1.16. The largest absolute Gasteiger partial charge is 0.370 e. The van der Waals surface area contributed by atoms with Crippen LogP contribution in [0.5, 0.6) is 0 Å². The van der Waals surface area contributed by atoms with E-state index in [0.29, 0.717) is 6.42 Å². The van der Waals surface area contributed by atoms with E-state index in [1.165, 1.54) is 0 Å². The molecule has 1 saturated heterocycles. The lowest BCUT2D eigenvalue weighted by molar-refractivity contribution is -0.127. The summed E-state index contributed by atoms with van der Waals surface area (Å²) in [5.74, 6) is 0.183. The Morgan fingerprint density at radius 2 is 2.60 bits per heavy atom. The van der Waals surface area contributed by atoms with Crippen molar-refractivity contribution in [2.75, 3.05) is 6.61 Å². The summed E-state index contributed by atoms with van der Waals surface area (Å²) in [4.78, 5) is 11.8. The first kappa shape index (κ1) is 10.4. The van der Waals surface area contributed by atoms with Crippen LogP contribution in [0, 0.1) is 0 Å². The van der Waals surface area contributed by atoms with Gasteiger partial charge in [0.1, 0.15) is 6.10 Å². The van der Waals surface area contributed by atoms with Crippen molar-refractivity contribution >= 4 is 5.78 Å². The molecular weight excluding hydrogens is 192 g/mol. The zero-order chi connectivity index (χ0) is 10.7. The molecule has 0 N–H and O–H groups in total. The molecule has 1 aromatic rings. The number of Topliss-reactive ketones (excluding diaryl/α,β-unsaturated/α-hetero) is 1. The van der Waals surface area contributed by atoms with Crippen molar-refractivity contribution in [3.63, 3.8) is 0 Å². The van der Waals surface area contributed by atoms with Crippen LogP contribution in [0.2, 0.25) is 0 Å². The van der Waals surface area contributed by atoms with Crippen LogP contribution < -0.4 is 0 Å². The van der Waals surface area contributed by atoms with Crippen LogP contribution in [0.1, 0.15) is 25.3 Å². The van der Waals surface area contributed by atoms with Gasteiger partial charge in [-0.1, -0.05) is 0 Å². The smallest absolute Gasteiger partial charge is 0.166 e. The highest BCUT2D eigenvalue weighted by Gasteiger charge is 2.23. The van der Waals surface area contributed by atoms with Crippen LogP contribution in [0.3, 0.4) is 0 Å². The van der Waals surface area contributed by atoms with Gasteiger partial charge in [-0.3, -0.25) is 9.48 Å². The fraction of sp³-hybridized carbons (Fsp3) is 0.636. The number of rotatable bonds is 4. The summed E-state index contributed by atoms with van der Waals surface area (Å²) in [6, 6.07) is 0. The molecule has 0 aromatic carbocycles. The Kier molecular flexibility index (Phi) is 3.16. The van der Waals surface area contributed by atoms with Gasteiger partial charge in [0, 0.05) is 25.8 Å². The van der Waals surface area contributed by atoms with Gasteiger partial charge < -0.3 is 4.74 Å². The molecule has 1 atom stereocenters. The minimum absolute atomic E-state index is 0.171. The summed E-state index contributed by atoms with van der Waals surface area (Å²) < 4.78 is 7.17. The molecule has 0 radical (unpaired) electrons. The van der Waals surface area contributed by atoms with E-state index in [-0.39, 0.29) is 11.9 Å². The molecular formula is C11H16N2O2. The third-order valence-corrected chi connectivity index (χ3v) is 2.68. The van der Waals surface area contributed by atoms with Crippen molar-refractivity contribution in [3.8, 4) is 0 Å². The van der Waals surface area contributed by atoms with Crippen LogP contribution in [0.4, 0.5) is 0 Å². The molecule has 1 aliphatic heterocycles. The monoisotopic (exact) mass is 208 g/mol. The molecule has 0 amide bonds. The average Bonchev–Trinajstić information content (AvgIpc) is 2.87. The van der Waals surface area contributed by atoms with Crippen molar-refractivity contribution in [2.24, 2.45) is 0 Å². The predicted octanol–water partition coefficient (Wildman–Crippen LogP) is 1.19.